The Labute approximate surface area is 183 Å². The van der Waals surface area contributed by atoms with Crippen molar-refractivity contribution in [2.45, 2.75) is 11.3 Å². The summed E-state index contributed by atoms with van der Waals surface area (Å²) in [5.41, 5.74) is 5.80. The van der Waals surface area contributed by atoms with Crippen LogP contribution in [0.5, 0.6) is 0 Å². The molecule has 0 heterocycles. The summed E-state index contributed by atoms with van der Waals surface area (Å²) in [4.78, 5) is 23.9. The van der Waals surface area contributed by atoms with E-state index in [4.69, 9.17) is 11.6 Å². The minimum atomic E-state index is -4.00. The van der Waals surface area contributed by atoms with Crippen molar-refractivity contribution in [2.75, 3.05) is 4.72 Å². The Bertz CT molecular complexity index is 1200. The Morgan fingerprint density at radius 3 is 2.23 bits per heavy atom. The maximum Gasteiger partial charge on any atom is 0.269 e. The third-order valence-electron chi connectivity index (χ3n) is 4.12. The zero-order valence-corrected chi connectivity index (χ0v) is 17.5. The lowest BCUT2D eigenvalue weighted by atomic mass is 10.1. The van der Waals surface area contributed by atoms with Crippen molar-refractivity contribution in [3.05, 3.63) is 94.8 Å². The van der Waals surface area contributed by atoms with Gasteiger partial charge in [0.05, 0.1) is 16.3 Å². The van der Waals surface area contributed by atoms with Gasteiger partial charge < -0.3 is 0 Å². The zero-order valence-electron chi connectivity index (χ0n) is 15.9. The number of carbonyl (C=O) groups excluding carboxylic acids is 2. The third-order valence-corrected chi connectivity index (χ3v) is 5.79. The fourth-order valence-electron chi connectivity index (χ4n) is 2.57. The molecule has 0 bridgehead atoms. The third kappa shape index (κ3) is 6.03. The molecule has 0 aliphatic rings. The number of benzene rings is 3. The summed E-state index contributed by atoms with van der Waals surface area (Å²) < 4.78 is 40.3. The molecule has 3 aromatic carbocycles. The van der Waals surface area contributed by atoms with E-state index in [-0.39, 0.29) is 33.5 Å². The van der Waals surface area contributed by atoms with Gasteiger partial charge in [-0.15, -0.1) is 0 Å². The molecule has 160 valence electrons. The van der Waals surface area contributed by atoms with Crippen LogP contribution >= 0.6 is 11.6 Å². The molecule has 0 aliphatic carbocycles. The van der Waals surface area contributed by atoms with Gasteiger partial charge in [-0.05, 0) is 48.0 Å². The van der Waals surface area contributed by atoms with Crippen LogP contribution in [0.25, 0.3) is 0 Å². The first-order chi connectivity index (χ1) is 14.7. The Morgan fingerprint density at radius 1 is 0.903 bits per heavy atom. The molecular formula is C21H17ClFN3O4S. The van der Waals surface area contributed by atoms with Gasteiger partial charge in [0.1, 0.15) is 5.82 Å². The minimum absolute atomic E-state index is 0.106. The molecule has 0 saturated carbocycles. The van der Waals surface area contributed by atoms with Crippen molar-refractivity contribution in [2.24, 2.45) is 0 Å². The van der Waals surface area contributed by atoms with Gasteiger partial charge in [0.25, 0.3) is 15.9 Å². The molecule has 7 nitrogen and oxygen atoms in total. The van der Waals surface area contributed by atoms with Crippen LogP contribution in [0, 0.1) is 5.82 Å². The Morgan fingerprint density at radius 2 is 1.58 bits per heavy atom. The molecule has 0 aliphatic heterocycles. The molecule has 3 N–H and O–H groups in total. The minimum Gasteiger partial charge on any atom is -0.280 e. The number of hydrogen-bond acceptors (Lipinski definition) is 4. The van der Waals surface area contributed by atoms with Crippen LogP contribution in [0.2, 0.25) is 5.02 Å². The quantitative estimate of drug-likeness (QED) is 0.490. The number of nitrogens with one attached hydrogen (secondary N) is 3. The number of amides is 2. The van der Waals surface area contributed by atoms with Crippen LogP contribution in [0.3, 0.4) is 0 Å². The molecule has 0 spiro atoms. The van der Waals surface area contributed by atoms with Crippen molar-refractivity contribution < 1.29 is 22.4 Å². The molecule has 0 radical (unpaired) electrons. The van der Waals surface area contributed by atoms with Crippen LogP contribution < -0.4 is 15.6 Å². The Hall–Kier alpha value is -3.43. The molecule has 0 saturated heterocycles. The summed E-state index contributed by atoms with van der Waals surface area (Å²) in [6.45, 7) is 0. The summed E-state index contributed by atoms with van der Waals surface area (Å²) in [5, 5.41) is -0.316. The first-order valence-corrected chi connectivity index (χ1v) is 10.8. The van der Waals surface area contributed by atoms with Crippen molar-refractivity contribution in [3.8, 4) is 0 Å². The van der Waals surface area contributed by atoms with Crippen LogP contribution in [-0.4, -0.2) is 20.2 Å². The standard InChI is InChI=1S/C21H17ClFN3O4S/c22-18-13-17(10-11-19(18)23)31(29,30)26-16-8-6-15(7-9-16)21(28)25-24-20(27)12-14-4-2-1-3-5-14/h1-11,13,26H,12H2,(H,24,27)(H,25,28). The molecule has 0 aromatic heterocycles. The second kappa shape index (κ2) is 9.59. The fourth-order valence-corrected chi connectivity index (χ4v) is 3.90. The van der Waals surface area contributed by atoms with Crippen LogP contribution in [0.1, 0.15) is 15.9 Å². The Kier molecular flexibility index (Phi) is 6.88. The van der Waals surface area contributed by atoms with Crippen molar-refractivity contribution in [1.29, 1.82) is 0 Å². The van der Waals surface area contributed by atoms with E-state index in [1.165, 1.54) is 24.3 Å². The maximum absolute atomic E-state index is 13.2. The van der Waals surface area contributed by atoms with Gasteiger partial charge in [0, 0.05) is 11.3 Å². The number of carbonyl (C=O) groups is 2. The molecule has 3 rings (SSSR count). The van der Waals surface area contributed by atoms with Crippen molar-refractivity contribution >= 4 is 39.1 Å². The number of anilines is 1. The van der Waals surface area contributed by atoms with Crippen molar-refractivity contribution in [3.63, 3.8) is 0 Å². The highest BCUT2D eigenvalue weighted by atomic mass is 35.5. The van der Waals surface area contributed by atoms with E-state index < -0.39 is 21.7 Å². The fraction of sp³-hybridized carbons (Fsp3) is 0.0476. The molecule has 2 amide bonds. The van der Waals surface area contributed by atoms with Gasteiger partial charge in [-0.25, -0.2) is 12.8 Å². The lowest BCUT2D eigenvalue weighted by Crippen LogP contribution is -2.42. The maximum atomic E-state index is 13.2. The van der Waals surface area contributed by atoms with Gasteiger partial charge >= 0.3 is 0 Å². The van der Waals surface area contributed by atoms with Crippen LogP contribution in [-0.2, 0) is 21.2 Å². The highest BCUT2D eigenvalue weighted by Gasteiger charge is 2.16. The first kappa shape index (κ1) is 22.3. The number of rotatable bonds is 6. The normalized spacial score (nSPS) is 10.9. The summed E-state index contributed by atoms with van der Waals surface area (Å²) in [7, 11) is -4.00. The van der Waals surface area contributed by atoms with Crippen LogP contribution in [0.15, 0.2) is 77.7 Å². The predicted octanol–water partition coefficient (Wildman–Crippen LogP) is 3.28. The number of hydrogen-bond donors (Lipinski definition) is 3. The van der Waals surface area contributed by atoms with E-state index in [1.54, 1.807) is 12.1 Å². The molecular weight excluding hydrogens is 445 g/mol. The second-order valence-electron chi connectivity index (χ2n) is 6.42. The SMILES string of the molecule is O=C(Cc1ccccc1)NNC(=O)c1ccc(NS(=O)(=O)c2ccc(F)c(Cl)c2)cc1. The van der Waals surface area contributed by atoms with E-state index in [1.807, 2.05) is 18.2 Å². The first-order valence-electron chi connectivity index (χ1n) is 8.95. The summed E-state index contributed by atoms with van der Waals surface area (Å²) in [6, 6.07) is 17.6. The number of sulfonamides is 1. The van der Waals surface area contributed by atoms with E-state index in [2.05, 4.69) is 15.6 Å². The molecule has 10 heteroatoms. The zero-order chi connectivity index (χ0) is 22.4. The van der Waals surface area contributed by atoms with Gasteiger partial charge in [-0.1, -0.05) is 41.9 Å². The molecule has 3 aromatic rings. The molecule has 0 atom stereocenters. The Balaban J connectivity index is 1.58. The average molecular weight is 462 g/mol. The van der Waals surface area contributed by atoms with Gasteiger partial charge in [0.2, 0.25) is 5.91 Å². The van der Waals surface area contributed by atoms with E-state index >= 15 is 0 Å². The smallest absolute Gasteiger partial charge is 0.269 e. The molecule has 0 unspecified atom stereocenters. The van der Waals surface area contributed by atoms with Gasteiger partial charge in [0.15, 0.2) is 0 Å². The lowest BCUT2D eigenvalue weighted by Gasteiger charge is -2.10. The molecule has 0 fully saturated rings. The largest absolute Gasteiger partial charge is 0.280 e. The van der Waals surface area contributed by atoms with E-state index in [9.17, 15) is 22.4 Å². The monoisotopic (exact) mass is 461 g/mol. The van der Waals surface area contributed by atoms with Crippen molar-refractivity contribution in [1.82, 2.24) is 10.9 Å². The van der Waals surface area contributed by atoms with E-state index in [0.717, 1.165) is 23.8 Å². The van der Waals surface area contributed by atoms with Gasteiger partial charge in [-0.2, -0.15) is 0 Å². The topological polar surface area (TPSA) is 104 Å². The summed E-state index contributed by atoms with van der Waals surface area (Å²) in [6.07, 6.45) is 0.106. The average Bonchev–Trinajstić information content (AvgIpc) is 2.75. The van der Waals surface area contributed by atoms with Crippen LogP contribution in [0.4, 0.5) is 10.1 Å². The highest BCUT2D eigenvalue weighted by Crippen LogP contribution is 2.22. The van der Waals surface area contributed by atoms with E-state index in [0.29, 0.717) is 0 Å². The summed E-state index contributed by atoms with van der Waals surface area (Å²) >= 11 is 5.63. The molecule has 31 heavy (non-hydrogen) atoms. The number of hydrazine groups is 1. The highest BCUT2D eigenvalue weighted by molar-refractivity contribution is 7.92. The summed E-state index contributed by atoms with van der Waals surface area (Å²) in [5.74, 6) is -1.69. The second-order valence-corrected chi connectivity index (χ2v) is 8.51. The van der Waals surface area contributed by atoms with Gasteiger partial charge in [-0.3, -0.25) is 25.2 Å². The number of halogens is 2. The lowest BCUT2D eigenvalue weighted by molar-refractivity contribution is -0.121. The predicted molar refractivity (Wildman–Crippen MR) is 114 cm³/mol.